The molecule has 0 atom stereocenters. The molecular weight excluding hydrogens is 937 g/mol. The van der Waals surface area contributed by atoms with Crippen LogP contribution in [0, 0.1) is 46.5 Å². The van der Waals surface area contributed by atoms with E-state index in [4.69, 9.17) is 18.9 Å². The molecule has 0 heterocycles. The SMILES string of the molecule is Fc1ccc(-c2ccc(OCCCCCCCOc3ccc(-c4ccc(F)cc4)c(F)c3)cc2F)cc1.Fc1ccc(-c2ccc(OCCCCCOc3ccc(-c4ccc(F)cc4)c(F)c3)cc2F)cc1. The molecule has 0 saturated carbocycles. The third kappa shape index (κ3) is 15.7. The van der Waals surface area contributed by atoms with E-state index in [0.29, 0.717) is 93.9 Å². The molecule has 12 heteroatoms. The summed E-state index contributed by atoms with van der Waals surface area (Å²) in [7, 11) is 0. The Bertz CT molecular complexity index is 2750. The van der Waals surface area contributed by atoms with E-state index in [1.54, 1.807) is 72.8 Å². The number of ether oxygens (including phenoxy) is 4. The van der Waals surface area contributed by atoms with Gasteiger partial charge >= 0.3 is 0 Å². The van der Waals surface area contributed by atoms with Gasteiger partial charge in [0.1, 0.15) is 69.5 Å². The predicted molar refractivity (Wildman–Crippen MR) is 266 cm³/mol. The lowest BCUT2D eigenvalue weighted by Gasteiger charge is -2.10. The molecule has 0 fully saturated rings. The quantitative estimate of drug-likeness (QED) is 0.0501. The van der Waals surface area contributed by atoms with Gasteiger partial charge in [0, 0.05) is 46.5 Å². The predicted octanol–water partition coefficient (Wildman–Crippen LogP) is 17.2. The van der Waals surface area contributed by atoms with Gasteiger partial charge in [-0.2, -0.15) is 0 Å². The van der Waals surface area contributed by atoms with Gasteiger partial charge in [0.05, 0.1) is 26.4 Å². The van der Waals surface area contributed by atoms with E-state index in [1.165, 1.54) is 97.1 Å². The highest BCUT2D eigenvalue weighted by Crippen LogP contribution is 2.31. The number of hydrogen-bond acceptors (Lipinski definition) is 4. The summed E-state index contributed by atoms with van der Waals surface area (Å²) in [5, 5.41) is 0. The highest BCUT2D eigenvalue weighted by Gasteiger charge is 2.12. The molecule has 0 unspecified atom stereocenters. The fraction of sp³-hybridized carbons (Fsp3) is 0.200. The van der Waals surface area contributed by atoms with Crippen molar-refractivity contribution in [2.24, 2.45) is 0 Å². The second-order valence-corrected chi connectivity index (χ2v) is 16.8. The third-order valence-corrected chi connectivity index (χ3v) is 11.5. The Labute approximate surface area is 414 Å². The van der Waals surface area contributed by atoms with Gasteiger partial charge in [-0.3, -0.25) is 0 Å². The molecule has 0 saturated heterocycles. The summed E-state index contributed by atoms with van der Waals surface area (Å²) < 4.78 is 132. The van der Waals surface area contributed by atoms with Crippen molar-refractivity contribution in [3.8, 4) is 67.5 Å². The Hall–Kier alpha value is -7.60. The maximum atomic E-state index is 14.4. The Morgan fingerprint density at radius 3 is 0.625 bits per heavy atom. The lowest BCUT2D eigenvalue weighted by atomic mass is 10.1. The van der Waals surface area contributed by atoms with Crippen molar-refractivity contribution in [3.63, 3.8) is 0 Å². The van der Waals surface area contributed by atoms with Gasteiger partial charge in [-0.05, 0) is 151 Å². The highest BCUT2D eigenvalue weighted by atomic mass is 19.2. The van der Waals surface area contributed by atoms with Gasteiger partial charge in [0.25, 0.3) is 0 Å². The highest BCUT2D eigenvalue weighted by molar-refractivity contribution is 5.67. The lowest BCUT2D eigenvalue weighted by Crippen LogP contribution is -2.01. The first-order chi connectivity index (χ1) is 35.0. The summed E-state index contributed by atoms with van der Waals surface area (Å²) in [5.41, 5.74) is 4.00. The first kappa shape index (κ1) is 52.2. The van der Waals surface area contributed by atoms with E-state index in [2.05, 4.69) is 0 Å². The van der Waals surface area contributed by atoms with Crippen molar-refractivity contribution in [1.29, 1.82) is 0 Å². The Morgan fingerprint density at radius 1 is 0.222 bits per heavy atom. The summed E-state index contributed by atoms with van der Waals surface area (Å²) in [4.78, 5) is 0. The zero-order valence-corrected chi connectivity index (χ0v) is 39.3. The first-order valence-corrected chi connectivity index (χ1v) is 23.7. The van der Waals surface area contributed by atoms with Gasteiger partial charge in [0.15, 0.2) is 0 Å². The van der Waals surface area contributed by atoms with Crippen molar-refractivity contribution in [1.82, 2.24) is 0 Å². The molecule has 372 valence electrons. The fourth-order valence-corrected chi connectivity index (χ4v) is 7.67. The van der Waals surface area contributed by atoms with Crippen molar-refractivity contribution < 1.29 is 54.1 Å². The lowest BCUT2D eigenvalue weighted by molar-refractivity contribution is 0.278. The molecule has 0 N–H and O–H groups in total. The van der Waals surface area contributed by atoms with E-state index in [9.17, 15) is 35.1 Å². The smallest absolute Gasteiger partial charge is 0.134 e. The van der Waals surface area contributed by atoms with E-state index < -0.39 is 23.3 Å². The van der Waals surface area contributed by atoms with Crippen molar-refractivity contribution >= 4 is 0 Å². The Morgan fingerprint density at radius 2 is 0.417 bits per heavy atom. The van der Waals surface area contributed by atoms with Crippen LogP contribution in [0.4, 0.5) is 35.1 Å². The van der Waals surface area contributed by atoms with Crippen LogP contribution in [0.3, 0.4) is 0 Å². The minimum Gasteiger partial charge on any atom is -0.493 e. The van der Waals surface area contributed by atoms with Crippen molar-refractivity contribution in [2.75, 3.05) is 26.4 Å². The van der Waals surface area contributed by atoms with Crippen LogP contribution in [0.5, 0.6) is 23.0 Å². The van der Waals surface area contributed by atoms with E-state index in [-0.39, 0.29) is 23.3 Å². The number of benzene rings is 8. The zero-order valence-electron chi connectivity index (χ0n) is 39.3. The van der Waals surface area contributed by atoms with Gasteiger partial charge in [-0.15, -0.1) is 0 Å². The molecule has 8 aromatic rings. The molecule has 8 rings (SSSR count). The summed E-state index contributed by atoms with van der Waals surface area (Å²) in [6.45, 7) is 1.84. The molecule has 0 aliphatic heterocycles. The molecule has 0 amide bonds. The van der Waals surface area contributed by atoms with E-state index in [1.807, 2.05) is 0 Å². The second kappa shape index (κ2) is 26.6. The monoisotopic (exact) mass is 988 g/mol. The second-order valence-electron chi connectivity index (χ2n) is 16.8. The zero-order chi connectivity index (χ0) is 50.7. The first-order valence-electron chi connectivity index (χ1n) is 23.7. The van der Waals surface area contributed by atoms with Crippen LogP contribution in [-0.4, -0.2) is 26.4 Å². The van der Waals surface area contributed by atoms with E-state index >= 15 is 0 Å². The topological polar surface area (TPSA) is 36.9 Å². The Kier molecular flexibility index (Phi) is 19.3. The summed E-state index contributed by atoms with van der Waals surface area (Å²) in [6, 6.07) is 41.4. The molecule has 0 spiro atoms. The van der Waals surface area contributed by atoms with Crippen LogP contribution in [0.2, 0.25) is 0 Å². The molecule has 0 aliphatic carbocycles. The van der Waals surface area contributed by atoms with Crippen LogP contribution in [-0.2, 0) is 0 Å². The molecule has 0 radical (unpaired) electrons. The molecule has 4 nitrogen and oxygen atoms in total. The molecule has 72 heavy (non-hydrogen) atoms. The summed E-state index contributed by atoms with van der Waals surface area (Å²) in [5.74, 6) is -1.34. The van der Waals surface area contributed by atoms with Gasteiger partial charge in [-0.25, -0.2) is 35.1 Å². The van der Waals surface area contributed by atoms with Gasteiger partial charge in [0.2, 0.25) is 0 Å². The number of hydrogen-bond donors (Lipinski definition) is 0. The summed E-state index contributed by atoms with van der Waals surface area (Å²) >= 11 is 0. The molecule has 0 bridgehead atoms. The van der Waals surface area contributed by atoms with Crippen molar-refractivity contribution in [3.05, 3.63) is 216 Å². The molecule has 0 aromatic heterocycles. The van der Waals surface area contributed by atoms with Crippen molar-refractivity contribution in [2.45, 2.75) is 51.4 Å². The third-order valence-electron chi connectivity index (χ3n) is 11.5. The molecular formula is C60H52F8O4. The van der Waals surface area contributed by atoms with Gasteiger partial charge < -0.3 is 18.9 Å². The van der Waals surface area contributed by atoms with Crippen LogP contribution in [0.25, 0.3) is 44.5 Å². The molecule has 8 aromatic carbocycles. The normalized spacial score (nSPS) is 10.9. The number of rotatable bonds is 22. The van der Waals surface area contributed by atoms with Crippen LogP contribution < -0.4 is 18.9 Å². The minimum absolute atomic E-state index is 0.360. The largest absolute Gasteiger partial charge is 0.493 e. The number of halogens is 8. The van der Waals surface area contributed by atoms with Gasteiger partial charge in [-0.1, -0.05) is 67.8 Å². The maximum Gasteiger partial charge on any atom is 0.134 e. The van der Waals surface area contributed by atoms with Crippen LogP contribution in [0.15, 0.2) is 170 Å². The van der Waals surface area contributed by atoms with Crippen LogP contribution >= 0.6 is 0 Å². The average molecular weight is 989 g/mol. The molecule has 0 aliphatic rings. The average Bonchev–Trinajstić information content (AvgIpc) is 3.37. The van der Waals surface area contributed by atoms with E-state index in [0.717, 1.165) is 51.4 Å². The standard InChI is InChI=1S/C31H28F4O2.C29H24F4O2/c32-24-10-6-22(7-11-24)28-16-14-26(20-30(28)34)36-18-4-2-1-3-5-19-37-27-15-17-29(31(35)21-27)23-8-12-25(33)13-9-23;30-22-8-4-20(5-9-22)26-14-12-24(18-28(26)32)34-16-2-1-3-17-35-25-13-15-27(29(33)19-25)21-6-10-23(31)11-7-21/h6-17,20-21H,1-5,18-19H2;4-15,18-19H,1-3,16-17H2. The van der Waals surface area contributed by atoms with Crippen LogP contribution in [0.1, 0.15) is 51.4 Å². The fourth-order valence-electron chi connectivity index (χ4n) is 7.67. The Balaban J connectivity index is 0.000000212. The minimum atomic E-state index is -0.430. The maximum absolute atomic E-state index is 14.4. The summed E-state index contributed by atoms with van der Waals surface area (Å²) in [6.07, 6.45) is 6.96. The number of unbranched alkanes of at least 4 members (excludes halogenated alkanes) is 6.